The second-order valence-corrected chi connectivity index (χ2v) is 6.49. The summed E-state index contributed by atoms with van der Waals surface area (Å²) in [4.78, 5) is 37.8. The van der Waals surface area contributed by atoms with E-state index < -0.39 is 22.9 Å². The van der Waals surface area contributed by atoms with Gasteiger partial charge in [-0.2, -0.15) is 0 Å². The lowest BCUT2D eigenvalue weighted by Gasteiger charge is -2.14. The molecule has 0 fully saturated rings. The van der Waals surface area contributed by atoms with Crippen molar-refractivity contribution in [1.82, 2.24) is 4.98 Å². The molecule has 1 heterocycles. The van der Waals surface area contributed by atoms with E-state index in [-0.39, 0.29) is 22.8 Å². The van der Waals surface area contributed by atoms with Crippen LogP contribution in [0, 0.1) is 10.1 Å². The summed E-state index contributed by atoms with van der Waals surface area (Å²) in [6, 6.07) is 11.2. The van der Waals surface area contributed by atoms with E-state index in [0.717, 1.165) is 22.5 Å². The van der Waals surface area contributed by atoms with E-state index in [1.165, 1.54) is 19.1 Å². The summed E-state index contributed by atoms with van der Waals surface area (Å²) >= 11 is 5.96. The largest absolute Gasteiger partial charge is 0.452 e. The smallest absolute Gasteiger partial charge is 0.311 e. The number of hydrogen-bond donors (Lipinski definition) is 2. The fraction of sp³-hybridized carbons (Fsp3) is 0.158. The van der Waals surface area contributed by atoms with Crippen LogP contribution in [0.4, 0.5) is 11.4 Å². The highest BCUT2D eigenvalue weighted by Crippen LogP contribution is 2.27. The monoisotopic (exact) mass is 401 g/mol. The van der Waals surface area contributed by atoms with Crippen LogP contribution in [0.1, 0.15) is 12.5 Å². The number of carbonyl (C=O) groups excluding carboxylic acids is 2. The van der Waals surface area contributed by atoms with Gasteiger partial charge in [-0.1, -0.05) is 29.8 Å². The number of nitro groups is 1. The van der Waals surface area contributed by atoms with Crippen LogP contribution in [0.3, 0.4) is 0 Å². The molecule has 0 saturated carbocycles. The SMILES string of the molecule is CC(OC(=O)Cc1c[nH]c2ccccc12)C(=O)Nc1cc([N+](=O)[O-])ccc1Cl. The fourth-order valence-electron chi connectivity index (χ4n) is 2.68. The topological polar surface area (TPSA) is 114 Å². The van der Waals surface area contributed by atoms with E-state index in [4.69, 9.17) is 16.3 Å². The van der Waals surface area contributed by atoms with Crippen molar-refractivity contribution in [2.75, 3.05) is 5.32 Å². The number of esters is 1. The van der Waals surface area contributed by atoms with E-state index in [2.05, 4.69) is 10.3 Å². The molecule has 1 amide bonds. The zero-order chi connectivity index (χ0) is 20.3. The number of nitrogens with one attached hydrogen (secondary N) is 2. The number of ether oxygens (including phenoxy) is 1. The average Bonchev–Trinajstić information content (AvgIpc) is 3.06. The van der Waals surface area contributed by atoms with Crippen molar-refractivity contribution >= 4 is 45.8 Å². The minimum atomic E-state index is -1.10. The molecule has 28 heavy (non-hydrogen) atoms. The molecule has 0 radical (unpaired) electrons. The molecule has 1 aromatic heterocycles. The molecule has 3 rings (SSSR count). The number of halogens is 1. The highest BCUT2D eigenvalue weighted by atomic mass is 35.5. The Morgan fingerprint density at radius 2 is 2.04 bits per heavy atom. The summed E-state index contributed by atoms with van der Waals surface area (Å²) in [5, 5.41) is 14.3. The second-order valence-electron chi connectivity index (χ2n) is 6.08. The number of anilines is 1. The molecule has 0 aliphatic heterocycles. The van der Waals surface area contributed by atoms with Gasteiger partial charge >= 0.3 is 5.97 Å². The lowest BCUT2D eigenvalue weighted by Crippen LogP contribution is -2.30. The van der Waals surface area contributed by atoms with Gasteiger partial charge in [-0.3, -0.25) is 19.7 Å². The van der Waals surface area contributed by atoms with Gasteiger partial charge in [-0.15, -0.1) is 0 Å². The van der Waals surface area contributed by atoms with Crippen LogP contribution >= 0.6 is 11.6 Å². The summed E-state index contributed by atoms with van der Waals surface area (Å²) in [7, 11) is 0. The molecule has 1 unspecified atom stereocenters. The predicted molar refractivity (Wildman–Crippen MR) is 104 cm³/mol. The standard InChI is InChI=1S/C19H16ClN3O5/c1-11(19(25)22-17-9-13(23(26)27)6-7-15(17)20)28-18(24)8-12-10-21-16-5-3-2-4-14(12)16/h2-7,9-11,21H,8H2,1H3,(H,22,25). The first kappa shape index (κ1) is 19.4. The van der Waals surface area contributed by atoms with Crippen LogP contribution in [0.2, 0.25) is 5.02 Å². The molecular formula is C19H16ClN3O5. The lowest BCUT2D eigenvalue weighted by molar-refractivity contribution is -0.384. The van der Waals surface area contributed by atoms with Gasteiger partial charge in [-0.25, -0.2) is 0 Å². The fourth-order valence-corrected chi connectivity index (χ4v) is 2.85. The van der Waals surface area contributed by atoms with Crippen molar-refractivity contribution in [2.45, 2.75) is 19.4 Å². The molecule has 2 N–H and O–H groups in total. The maximum atomic E-state index is 12.3. The van der Waals surface area contributed by atoms with E-state index in [9.17, 15) is 19.7 Å². The van der Waals surface area contributed by atoms with Crippen LogP contribution in [0.15, 0.2) is 48.7 Å². The molecule has 0 aliphatic rings. The third-order valence-electron chi connectivity index (χ3n) is 4.11. The number of para-hydroxylation sites is 1. The van der Waals surface area contributed by atoms with Crippen molar-refractivity contribution in [1.29, 1.82) is 0 Å². The number of nitro benzene ring substituents is 1. The van der Waals surface area contributed by atoms with Gasteiger partial charge in [0, 0.05) is 29.2 Å². The summed E-state index contributed by atoms with van der Waals surface area (Å²) < 4.78 is 5.18. The first-order valence-corrected chi connectivity index (χ1v) is 8.72. The van der Waals surface area contributed by atoms with Crippen LogP contribution in [0.25, 0.3) is 10.9 Å². The first-order chi connectivity index (χ1) is 13.3. The van der Waals surface area contributed by atoms with Crippen molar-refractivity contribution < 1.29 is 19.2 Å². The average molecular weight is 402 g/mol. The number of aromatic nitrogens is 1. The Bertz CT molecular complexity index is 1060. The van der Waals surface area contributed by atoms with Crippen molar-refractivity contribution in [3.05, 3.63) is 69.4 Å². The number of H-pyrrole nitrogens is 1. The Hall–Kier alpha value is -3.39. The van der Waals surface area contributed by atoms with Crippen LogP contribution in [-0.4, -0.2) is 27.9 Å². The number of non-ortho nitro benzene ring substituents is 1. The third-order valence-corrected chi connectivity index (χ3v) is 4.44. The Balaban J connectivity index is 1.63. The minimum Gasteiger partial charge on any atom is -0.452 e. The highest BCUT2D eigenvalue weighted by molar-refractivity contribution is 6.33. The molecule has 8 nitrogen and oxygen atoms in total. The van der Waals surface area contributed by atoms with Gasteiger partial charge in [0.25, 0.3) is 11.6 Å². The van der Waals surface area contributed by atoms with Gasteiger partial charge in [0.2, 0.25) is 0 Å². The van der Waals surface area contributed by atoms with Gasteiger partial charge in [-0.05, 0) is 24.6 Å². The Morgan fingerprint density at radius 3 is 2.79 bits per heavy atom. The Morgan fingerprint density at radius 1 is 1.29 bits per heavy atom. The molecule has 0 saturated heterocycles. The third kappa shape index (κ3) is 4.29. The van der Waals surface area contributed by atoms with Crippen molar-refractivity contribution in [3.63, 3.8) is 0 Å². The summed E-state index contributed by atoms with van der Waals surface area (Å²) in [5.41, 5.74) is 1.51. The van der Waals surface area contributed by atoms with Crippen molar-refractivity contribution in [3.8, 4) is 0 Å². The molecule has 1 atom stereocenters. The zero-order valence-corrected chi connectivity index (χ0v) is 15.5. The maximum Gasteiger partial charge on any atom is 0.311 e. The van der Waals surface area contributed by atoms with E-state index in [1.54, 1.807) is 6.20 Å². The molecular weight excluding hydrogens is 386 g/mol. The number of hydrogen-bond acceptors (Lipinski definition) is 5. The molecule has 0 spiro atoms. The molecule has 0 bridgehead atoms. The summed E-state index contributed by atoms with van der Waals surface area (Å²) in [6.45, 7) is 1.41. The quantitative estimate of drug-likeness (QED) is 0.370. The molecule has 3 aromatic rings. The van der Waals surface area contributed by atoms with E-state index >= 15 is 0 Å². The number of benzene rings is 2. The highest BCUT2D eigenvalue weighted by Gasteiger charge is 2.21. The number of aromatic amines is 1. The lowest BCUT2D eigenvalue weighted by atomic mass is 10.1. The molecule has 9 heteroatoms. The molecule has 2 aromatic carbocycles. The number of rotatable bonds is 6. The van der Waals surface area contributed by atoms with Gasteiger partial charge < -0.3 is 15.0 Å². The Labute approximate surface area is 164 Å². The van der Waals surface area contributed by atoms with Crippen molar-refractivity contribution in [2.24, 2.45) is 0 Å². The Kier molecular flexibility index (Phi) is 5.60. The number of amides is 1. The summed E-state index contributed by atoms with van der Waals surface area (Å²) in [5.74, 6) is -1.22. The zero-order valence-electron chi connectivity index (χ0n) is 14.8. The van der Waals surface area contributed by atoms with E-state index in [1.807, 2.05) is 24.3 Å². The summed E-state index contributed by atoms with van der Waals surface area (Å²) in [6.07, 6.45) is 0.617. The van der Waals surface area contributed by atoms with Crippen LogP contribution in [0.5, 0.6) is 0 Å². The normalized spacial score (nSPS) is 11.8. The molecule has 0 aliphatic carbocycles. The number of nitrogens with zero attached hydrogens (tertiary/aromatic N) is 1. The van der Waals surface area contributed by atoms with Crippen LogP contribution in [-0.2, 0) is 20.7 Å². The predicted octanol–water partition coefficient (Wildman–Crippen LogP) is 3.84. The number of carbonyl (C=O) groups is 2. The van der Waals surface area contributed by atoms with Gasteiger partial charge in [0.1, 0.15) is 0 Å². The second kappa shape index (κ2) is 8.10. The van der Waals surface area contributed by atoms with Gasteiger partial charge in [0.15, 0.2) is 6.10 Å². The minimum absolute atomic E-state index is 0.000795. The first-order valence-electron chi connectivity index (χ1n) is 8.34. The van der Waals surface area contributed by atoms with Gasteiger partial charge in [0.05, 0.1) is 22.1 Å². The number of fused-ring (bicyclic) bond motifs is 1. The van der Waals surface area contributed by atoms with E-state index in [0.29, 0.717) is 0 Å². The van der Waals surface area contributed by atoms with Crippen LogP contribution < -0.4 is 5.32 Å². The molecule has 144 valence electrons. The maximum absolute atomic E-state index is 12.3.